The van der Waals surface area contributed by atoms with Crippen molar-refractivity contribution in [3.63, 3.8) is 0 Å². The molecule has 1 aromatic carbocycles. The van der Waals surface area contributed by atoms with Crippen molar-refractivity contribution < 1.29 is 8.42 Å². The SMILES string of the molecule is Cc1c(CNC2CC2)cccc1S(=O)(=O)NC1CCCC1. The van der Waals surface area contributed by atoms with Crippen LogP contribution in [0.3, 0.4) is 0 Å². The van der Waals surface area contributed by atoms with E-state index in [0.29, 0.717) is 10.9 Å². The van der Waals surface area contributed by atoms with Gasteiger partial charge in [0, 0.05) is 18.6 Å². The lowest BCUT2D eigenvalue weighted by Crippen LogP contribution is -2.33. The van der Waals surface area contributed by atoms with Crippen LogP contribution in [0, 0.1) is 6.92 Å². The fourth-order valence-electron chi connectivity index (χ4n) is 3.01. The van der Waals surface area contributed by atoms with E-state index < -0.39 is 10.0 Å². The molecule has 21 heavy (non-hydrogen) atoms. The Kier molecular flexibility index (Phi) is 4.33. The van der Waals surface area contributed by atoms with Crippen molar-refractivity contribution in [2.45, 2.75) is 69.0 Å². The van der Waals surface area contributed by atoms with Gasteiger partial charge in [0.2, 0.25) is 10.0 Å². The van der Waals surface area contributed by atoms with E-state index in [-0.39, 0.29) is 6.04 Å². The van der Waals surface area contributed by atoms with Crippen LogP contribution < -0.4 is 10.0 Å². The molecule has 0 atom stereocenters. The first-order valence-corrected chi connectivity index (χ1v) is 9.39. The molecular formula is C16H24N2O2S. The lowest BCUT2D eigenvalue weighted by Gasteiger charge is -2.16. The molecule has 0 aromatic heterocycles. The third-order valence-corrected chi connectivity index (χ3v) is 6.19. The molecule has 0 heterocycles. The van der Waals surface area contributed by atoms with Gasteiger partial charge in [-0.25, -0.2) is 13.1 Å². The van der Waals surface area contributed by atoms with Gasteiger partial charge in [0.05, 0.1) is 4.90 Å². The van der Waals surface area contributed by atoms with E-state index in [1.165, 1.54) is 12.8 Å². The number of hydrogen-bond donors (Lipinski definition) is 2. The van der Waals surface area contributed by atoms with Crippen LogP contribution in [0.4, 0.5) is 0 Å². The maximum absolute atomic E-state index is 12.6. The van der Waals surface area contributed by atoms with E-state index in [9.17, 15) is 8.42 Å². The van der Waals surface area contributed by atoms with Gasteiger partial charge in [0.1, 0.15) is 0 Å². The highest BCUT2D eigenvalue weighted by molar-refractivity contribution is 7.89. The van der Waals surface area contributed by atoms with Crippen LogP contribution in [0.15, 0.2) is 23.1 Å². The number of benzene rings is 1. The Balaban J connectivity index is 1.77. The zero-order chi connectivity index (χ0) is 14.9. The van der Waals surface area contributed by atoms with E-state index >= 15 is 0 Å². The van der Waals surface area contributed by atoms with Gasteiger partial charge < -0.3 is 5.32 Å². The summed E-state index contributed by atoms with van der Waals surface area (Å²) < 4.78 is 28.0. The lowest BCUT2D eigenvalue weighted by atomic mass is 10.1. The molecule has 5 heteroatoms. The van der Waals surface area contributed by atoms with Gasteiger partial charge in [-0.3, -0.25) is 0 Å². The van der Waals surface area contributed by atoms with E-state index in [1.807, 2.05) is 19.1 Å². The molecule has 0 bridgehead atoms. The Morgan fingerprint density at radius 2 is 1.81 bits per heavy atom. The molecule has 2 aliphatic rings. The molecule has 4 nitrogen and oxygen atoms in total. The first kappa shape index (κ1) is 15.0. The summed E-state index contributed by atoms with van der Waals surface area (Å²) in [5, 5.41) is 3.45. The molecule has 1 aromatic rings. The van der Waals surface area contributed by atoms with Crippen LogP contribution in [0.5, 0.6) is 0 Å². The van der Waals surface area contributed by atoms with Crippen molar-refractivity contribution in [1.29, 1.82) is 0 Å². The molecule has 2 aliphatic carbocycles. The fraction of sp³-hybridized carbons (Fsp3) is 0.625. The summed E-state index contributed by atoms with van der Waals surface area (Å²) in [6.45, 7) is 2.66. The highest BCUT2D eigenvalue weighted by atomic mass is 32.2. The van der Waals surface area contributed by atoms with Crippen molar-refractivity contribution in [1.82, 2.24) is 10.0 Å². The second-order valence-electron chi connectivity index (χ2n) is 6.30. The Morgan fingerprint density at radius 1 is 1.10 bits per heavy atom. The number of hydrogen-bond acceptors (Lipinski definition) is 3. The van der Waals surface area contributed by atoms with E-state index in [2.05, 4.69) is 10.0 Å². The zero-order valence-corrected chi connectivity index (χ0v) is 13.4. The van der Waals surface area contributed by atoms with Crippen LogP contribution in [0.25, 0.3) is 0 Å². The van der Waals surface area contributed by atoms with Gasteiger partial charge in [0.25, 0.3) is 0 Å². The molecule has 0 saturated heterocycles. The average Bonchev–Trinajstić information content (AvgIpc) is 3.14. The van der Waals surface area contributed by atoms with Gasteiger partial charge in [-0.05, 0) is 49.8 Å². The summed E-state index contributed by atoms with van der Waals surface area (Å²) in [4.78, 5) is 0.435. The standard InChI is InChI=1S/C16H24N2O2S/c1-12-13(11-17-14-9-10-14)5-4-8-16(12)21(19,20)18-15-6-2-3-7-15/h4-5,8,14-15,17-18H,2-3,6-7,9-11H2,1H3. The minimum absolute atomic E-state index is 0.114. The number of nitrogens with one attached hydrogen (secondary N) is 2. The van der Waals surface area contributed by atoms with Crippen molar-refractivity contribution in [3.8, 4) is 0 Å². The molecular weight excluding hydrogens is 284 g/mol. The quantitative estimate of drug-likeness (QED) is 0.849. The molecule has 0 radical (unpaired) electrons. The van der Waals surface area contributed by atoms with E-state index in [1.54, 1.807) is 6.07 Å². The molecule has 0 aliphatic heterocycles. The van der Waals surface area contributed by atoms with Crippen LogP contribution in [0.1, 0.15) is 49.7 Å². The Bertz CT molecular complexity index is 603. The first-order valence-electron chi connectivity index (χ1n) is 7.90. The molecule has 2 saturated carbocycles. The minimum atomic E-state index is -3.40. The highest BCUT2D eigenvalue weighted by Gasteiger charge is 2.25. The zero-order valence-electron chi connectivity index (χ0n) is 12.6. The third kappa shape index (κ3) is 3.65. The molecule has 0 unspecified atom stereocenters. The van der Waals surface area contributed by atoms with Crippen LogP contribution in [0.2, 0.25) is 0 Å². The normalized spacial score (nSPS) is 20.0. The monoisotopic (exact) mass is 308 g/mol. The summed E-state index contributed by atoms with van der Waals surface area (Å²) in [7, 11) is -3.40. The Labute approximate surface area is 127 Å². The van der Waals surface area contributed by atoms with Crippen LogP contribution >= 0.6 is 0 Å². The van der Waals surface area contributed by atoms with Gasteiger partial charge in [-0.15, -0.1) is 0 Å². The molecule has 3 rings (SSSR count). The first-order chi connectivity index (χ1) is 10.1. The summed E-state index contributed by atoms with van der Waals surface area (Å²) in [5.74, 6) is 0. The number of rotatable bonds is 6. The molecule has 0 spiro atoms. The van der Waals surface area contributed by atoms with E-state index in [0.717, 1.165) is 43.4 Å². The third-order valence-electron chi connectivity index (χ3n) is 4.52. The van der Waals surface area contributed by atoms with Crippen molar-refractivity contribution in [2.75, 3.05) is 0 Å². The minimum Gasteiger partial charge on any atom is -0.310 e. The van der Waals surface area contributed by atoms with Crippen LogP contribution in [-0.2, 0) is 16.6 Å². The van der Waals surface area contributed by atoms with Gasteiger partial charge in [-0.2, -0.15) is 0 Å². The maximum atomic E-state index is 12.6. The largest absolute Gasteiger partial charge is 0.310 e. The van der Waals surface area contributed by atoms with Gasteiger partial charge >= 0.3 is 0 Å². The second-order valence-corrected chi connectivity index (χ2v) is 7.98. The van der Waals surface area contributed by atoms with Crippen molar-refractivity contribution in [3.05, 3.63) is 29.3 Å². The van der Waals surface area contributed by atoms with Gasteiger partial charge in [-0.1, -0.05) is 25.0 Å². The smallest absolute Gasteiger partial charge is 0.241 e. The Morgan fingerprint density at radius 3 is 2.48 bits per heavy atom. The van der Waals surface area contributed by atoms with Crippen molar-refractivity contribution >= 4 is 10.0 Å². The predicted octanol–water partition coefficient (Wildman–Crippen LogP) is 2.47. The predicted molar refractivity (Wildman–Crippen MR) is 83.6 cm³/mol. The van der Waals surface area contributed by atoms with Crippen molar-refractivity contribution in [2.24, 2.45) is 0 Å². The molecule has 2 N–H and O–H groups in total. The fourth-order valence-corrected chi connectivity index (χ4v) is 4.60. The average molecular weight is 308 g/mol. The lowest BCUT2D eigenvalue weighted by molar-refractivity contribution is 0.551. The molecule has 0 amide bonds. The maximum Gasteiger partial charge on any atom is 0.241 e. The van der Waals surface area contributed by atoms with E-state index in [4.69, 9.17) is 0 Å². The molecule has 2 fully saturated rings. The summed E-state index contributed by atoms with van der Waals surface area (Å²) >= 11 is 0. The molecule has 116 valence electrons. The summed E-state index contributed by atoms with van der Waals surface area (Å²) in [6, 6.07) is 6.32. The second kappa shape index (κ2) is 6.07. The summed E-state index contributed by atoms with van der Waals surface area (Å²) in [6.07, 6.45) is 6.64. The Hall–Kier alpha value is -0.910. The highest BCUT2D eigenvalue weighted by Crippen LogP contribution is 2.24. The van der Waals surface area contributed by atoms with Crippen LogP contribution in [-0.4, -0.2) is 20.5 Å². The topological polar surface area (TPSA) is 58.2 Å². The number of sulfonamides is 1. The van der Waals surface area contributed by atoms with Gasteiger partial charge in [0.15, 0.2) is 0 Å². The summed E-state index contributed by atoms with van der Waals surface area (Å²) in [5.41, 5.74) is 1.95.